The smallest absolute Gasteiger partial charge is 0.159 e. The molecule has 1 unspecified atom stereocenters. The zero-order valence-electron chi connectivity index (χ0n) is 9.04. The minimum absolute atomic E-state index is 0.316. The SMILES string of the molecule is O=C1C=C2CCC3CCCC=C3N2CC1. The summed E-state index contributed by atoms with van der Waals surface area (Å²) >= 11 is 0. The molecule has 1 saturated heterocycles. The lowest BCUT2D eigenvalue weighted by molar-refractivity contribution is -0.115. The molecule has 0 aromatic rings. The monoisotopic (exact) mass is 203 g/mol. The maximum Gasteiger partial charge on any atom is 0.159 e. The van der Waals surface area contributed by atoms with Crippen LogP contribution in [-0.2, 0) is 4.79 Å². The van der Waals surface area contributed by atoms with Gasteiger partial charge in [-0.1, -0.05) is 6.08 Å². The Morgan fingerprint density at radius 2 is 2.20 bits per heavy atom. The molecule has 0 aromatic carbocycles. The normalized spacial score (nSPS) is 30.3. The first-order chi connectivity index (χ1) is 7.34. The third-order valence-electron chi connectivity index (χ3n) is 3.85. The Morgan fingerprint density at radius 3 is 3.13 bits per heavy atom. The van der Waals surface area contributed by atoms with E-state index in [0.717, 1.165) is 18.9 Å². The molecule has 3 aliphatic rings. The van der Waals surface area contributed by atoms with Gasteiger partial charge in [0.2, 0.25) is 0 Å². The number of ketones is 1. The summed E-state index contributed by atoms with van der Waals surface area (Å²) in [6, 6.07) is 0. The van der Waals surface area contributed by atoms with Gasteiger partial charge in [0.1, 0.15) is 0 Å². The van der Waals surface area contributed by atoms with E-state index < -0.39 is 0 Å². The van der Waals surface area contributed by atoms with Gasteiger partial charge in [0.15, 0.2) is 5.78 Å². The summed E-state index contributed by atoms with van der Waals surface area (Å²) in [4.78, 5) is 13.8. The predicted octanol–water partition coefficient (Wildman–Crippen LogP) is 2.62. The Hall–Kier alpha value is -1.05. The van der Waals surface area contributed by atoms with Crippen molar-refractivity contribution in [2.24, 2.45) is 5.92 Å². The summed E-state index contributed by atoms with van der Waals surface area (Å²) in [5.41, 5.74) is 2.79. The highest BCUT2D eigenvalue weighted by atomic mass is 16.1. The van der Waals surface area contributed by atoms with Gasteiger partial charge in [-0.25, -0.2) is 0 Å². The van der Waals surface area contributed by atoms with E-state index in [9.17, 15) is 4.79 Å². The molecule has 80 valence electrons. The van der Waals surface area contributed by atoms with E-state index in [4.69, 9.17) is 0 Å². The van der Waals surface area contributed by atoms with Crippen LogP contribution in [0.25, 0.3) is 0 Å². The van der Waals surface area contributed by atoms with Crippen LogP contribution in [0.3, 0.4) is 0 Å². The van der Waals surface area contributed by atoms with Crippen LogP contribution in [0, 0.1) is 5.92 Å². The first-order valence-corrected chi connectivity index (χ1v) is 6.05. The molecule has 0 aromatic heterocycles. The number of rotatable bonds is 0. The lowest BCUT2D eigenvalue weighted by Crippen LogP contribution is -2.37. The van der Waals surface area contributed by atoms with Gasteiger partial charge >= 0.3 is 0 Å². The molecule has 15 heavy (non-hydrogen) atoms. The molecule has 2 aliphatic heterocycles. The Morgan fingerprint density at radius 1 is 1.27 bits per heavy atom. The van der Waals surface area contributed by atoms with Gasteiger partial charge in [0.25, 0.3) is 0 Å². The van der Waals surface area contributed by atoms with Crippen molar-refractivity contribution in [3.8, 4) is 0 Å². The second-order valence-corrected chi connectivity index (χ2v) is 4.80. The van der Waals surface area contributed by atoms with E-state index in [-0.39, 0.29) is 0 Å². The van der Waals surface area contributed by atoms with Crippen LogP contribution < -0.4 is 0 Å². The number of carbonyl (C=O) groups is 1. The summed E-state index contributed by atoms with van der Waals surface area (Å²) in [5.74, 6) is 1.10. The van der Waals surface area contributed by atoms with Gasteiger partial charge in [0, 0.05) is 30.4 Å². The van der Waals surface area contributed by atoms with E-state index in [1.165, 1.54) is 37.1 Å². The van der Waals surface area contributed by atoms with Crippen molar-refractivity contribution in [3.63, 3.8) is 0 Å². The first-order valence-electron chi connectivity index (χ1n) is 6.05. The van der Waals surface area contributed by atoms with Gasteiger partial charge in [-0.2, -0.15) is 0 Å². The van der Waals surface area contributed by atoms with Gasteiger partial charge in [-0.05, 0) is 38.0 Å². The highest BCUT2D eigenvalue weighted by Gasteiger charge is 2.31. The standard InChI is InChI=1S/C13H17NO/c15-12-7-8-14-11(9-12)6-5-10-3-1-2-4-13(10)14/h4,9-10H,1-3,5-8H2. The predicted molar refractivity (Wildman–Crippen MR) is 59.1 cm³/mol. The van der Waals surface area contributed by atoms with Crippen LogP contribution in [-0.4, -0.2) is 17.2 Å². The number of allylic oxidation sites excluding steroid dienone is 4. The first kappa shape index (κ1) is 9.20. The molecule has 3 rings (SSSR count). The Kier molecular flexibility index (Phi) is 2.15. The average Bonchev–Trinajstić information content (AvgIpc) is 2.28. The summed E-state index contributed by atoms with van der Waals surface area (Å²) in [6.45, 7) is 0.924. The molecular formula is C13H17NO. The highest BCUT2D eigenvalue weighted by Crippen LogP contribution is 2.40. The number of hydrogen-bond donors (Lipinski definition) is 0. The summed E-state index contributed by atoms with van der Waals surface area (Å²) < 4.78 is 0. The number of nitrogens with zero attached hydrogens (tertiary/aromatic N) is 1. The summed E-state index contributed by atoms with van der Waals surface area (Å²) in [6.07, 6.45) is 11.3. The Bertz CT molecular complexity index is 354. The molecule has 0 radical (unpaired) electrons. The average molecular weight is 203 g/mol. The minimum atomic E-state index is 0.316. The fraction of sp³-hybridized carbons (Fsp3) is 0.615. The number of carbonyl (C=O) groups excluding carboxylic acids is 1. The lowest BCUT2D eigenvalue weighted by atomic mass is 9.82. The number of hydrogen-bond acceptors (Lipinski definition) is 2. The summed E-state index contributed by atoms with van der Waals surface area (Å²) in [7, 11) is 0. The van der Waals surface area contributed by atoms with Crippen LogP contribution in [0.4, 0.5) is 0 Å². The molecule has 0 amide bonds. The molecule has 0 spiro atoms. The van der Waals surface area contributed by atoms with Crippen molar-refractivity contribution in [2.45, 2.75) is 38.5 Å². The molecule has 0 bridgehead atoms. The van der Waals surface area contributed by atoms with E-state index in [1.54, 1.807) is 0 Å². The second-order valence-electron chi connectivity index (χ2n) is 4.80. The summed E-state index contributed by atoms with van der Waals surface area (Å²) in [5, 5.41) is 0. The Balaban J connectivity index is 1.94. The van der Waals surface area contributed by atoms with Gasteiger partial charge in [-0.15, -0.1) is 0 Å². The molecule has 1 fully saturated rings. The van der Waals surface area contributed by atoms with E-state index in [1.807, 2.05) is 6.08 Å². The fourth-order valence-electron chi connectivity index (χ4n) is 3.08. The molecule has 1 aliphatic carbocycles. The topological polar surface area (TPSA) is 20.3 Å². The van der Waals surface area contributed by atoms with Crippen molar-refractivity contribution in [3.05, 3.63) is 23.5 Å². The fourth-order valence-corrected chi connectivity index (χ4v) is 3.08. The minimum Gasteiger partial charge on any atom is -0.348 e. The van der Waals surface area contributed by atoms with E-state index in [2.05, 4.69) is 11.0 Å². The Labute approximate surface area is 90.6 Å². The molecule has 1 atom stereocenters. The number of piperidine rings is 1. The van der Waals surface area contributed by atoms with Crippen LogP contribution in [0.5, 0.6) is 0 Å². The van der Waals surface area contributed by atoms with Crippen molar-refractivity contribution in [1.29, 1.82) is 0 Å². The molecular weight excluding hydrogens is 186 g/mol. The second kappa shape index (κ2) is 3.51. The highest BCUT2D eigenvalue weighted by molar-refractivity contribution is 5.91. The third-order valence-corrected chi connectivity index (χ3v) is 3.85. The van der Waals surface area contributed by atoms with Crippen molar-refractivity contribution < 1.29 is 4.79 Å². The zero-order chi connectivity index (χ0) is 10.3. The van der Waals surface area contributed by atoms with Gasteiger partial charge in [-0.3, -0.25) is 4.79 Å². The van der Waals surface area contributed by atoms with Gasteiger partial charge < -0.3 is 4.90 Å². The maximum absolute atomic E-state index is 11.4. The maximum atomic E-state index is 11.4. The van der Waals surface area contributed by atoms with Gasteiger partial charge in [0.05, 0.1) is 0 Å². The van der Waals surface area contributed by atoms with Crippen molar-refractivity contribution in [1.82, 2.24) is 4.90 Å². The van der Waals surface area contributed by atoms with E-state index >= 15 is 0 Å². The van der Waals surface area contributed by atoms with Crippen LogP contribution in [0.2, 0.25) is 0 Å². The molecule has 2 heterocycles. The van der Waals surface area contributed by atoms with Crippen molar-refractivity contribution in [2.75, 3.05) is 6.54 Å². The van der Waals surface area contributed by atoms with Crippen LogP contribution in [0.1, 0.15) is 38.5 Å². The van der Waals surface area contributed by atoms with Crippen LogP contribution in [0.15, 0.2) is 23.5 Å². The third kappa shape index (κ3) is 1.52. The molecule has 0 saturated carbocycles. The van der Waals surface area contributed by atoms with E-state index in [0.29, 0.717) is 12.2 Å². The quantitative estimate of drug-likeness (QED) is 0.603. The zero-order valence-corrected chi connectivity index (χ0v) is 9.04. The molecule has 2 heteroatoms. The molecule has 2 nitrogen and oxygen atoms in total. The van der Waals surface area contributed by atoms with Crippen LogP contribution >= 0.6 is 0 Å². The lowest BCUT2D eigenvalue weighted by Gasteiger charge is -2.42. The largest absolute Gasteiger partial charge is 0.348 e. The molecule has 0 N–H and O–H groups in total. The van der Waals surface area contributed by atoms with Crippen molar-refractivity contribution >= 4 is 5.78 Å². The number of fused-ring (bicyclic) bond motifs is 3.